The van der Waals surface area contributed by atoms with E-state index < -0.39 is 29.0 Å². The molecule has 9 nitrogen and oxygen atoms in total. The summed E-state index contributed by atoms with van der Waals surface area (Å²) in [5.74, 6) is -0.914. The highest BCUT2D eigenvalue weighted by molar-refractivity contribution is 5.87. The molecule has 1 aromatic heterocycles. The summed E-state index contributed by atoms with van der Waals surface area (Å²) in [6, 6.07) is 1.33. The van der Waals surface area contributed by atoms with Crippen molar-refractivity contribution in [2.45, 2.75) is 32.9 Å². The molecule has 0 unspecified atom stereocenters. The monoisotopic (exact) mass is 310 g/mol. The maximum absolute atomic E-state index is 11.8. The Bertz CT molecular complexity index is 625. The van der Waals surface area contributed by atoms with Gasteiger partial charge in [0.2, 0.25) is 11.8 Å². The van der Waals surface area contributed by atoms with E-state index in [0.717, 1.165) is 29.3 Å². The van der Waals surface area contributed by atoms with Crippen LogP contribution in [0.3, 0.4) is 0 Å². The molecule has 0 radical (unpaired) electrons. The van der Waals surface area contributed by atoms with Crippen molar-refractivity contribution in [1.29, 1.82) is 0 Å². The first-order valence-electron chi connectivity index (χ1n) is 6.77. The number of nitrogens with zero attached hydrogens (tertiary/aromatic N) is 2. The number of rotatable bonds is 7. The van der Waals surface area contributed by atoms with Crippen LogP contribution in [0.5, 0.6) is 0 Å². The second kappa shape index (κ2) is 7.91. The van der Waals surface area contributed by atoms with Gasteiger partial charge in [-0.2, -0.15) is 0 Å². The maximum atomic E-state index is 11.8. The Balaban J connectivity index is 2.69. The maximum Gasteiger partial charge on any atom is 0.285 e. The third-order valence-corrected chi connectivity index (χ3v) is 2.81. The van der Waals surface area contributed by atoms with Crippen LogP contribution in [0.1, 0.15) is 20.3 Å². The van der Waals surface area contributed by atoms with E-state index in [1.54, 1.807) is 0 Å². The number of pyridine rings is 1. The average molecular weight is 310 g/mol. The van der Waals surface area contributed by atoms with Crippen LogP contribution >= 0.6 is 0 Å². The fraction of sp³-hybridized carbons (Fsp3) is 0.462. The van der Waals surface area contributed by atoms with E-state index >= 15 is 0 Å². The summed E-state index contributed by atoms with van der Waals surface area (Å²) >= 11 is 0. The van der Waals surface area contributed by atoms with E-state index in [9.17, 15) is 24.5 Å². The number of carbonyl (C=O) groups is 2. The molecule has 0 fully saturated rings. The molecular weight excluding hydrogens is 292 g/mol. The number of nitrogens with one attached hydrogen (secondary N) is 2. The van der Waals surface area contributed by atoms with Crippen molar-refractivity contribution in [1.82, 2.24) is 15.2 Å². The van der Waals surface area contributed by atoms with Crippen LogP contribution in [0.2, 0.25) is 0 Å². The molecule has 1 aromatic rings. The van der Waals surface area contributed by atoms with Crippen LogP contribution < -0.4 is 16.2 Å². The SMILES string of the molecule is CCCNC(=O)[C@@H](C)NC(=O)Cn1cc([N+](=O)[O-])ccc1=O. The zero-order valence-corrected chi connectivity index (χ0v) is 12.4. The predicted molar refractivity (Wildman–Crippen MR) is 78.3 cm³/mol. The molecule has 0 bridgehead atoms. The number of nitro groups is 1. The Morgan fingerprint density at radius 2 is 2.09 bits per heavy atom. The highest BCUT2D eigenvalue weighted by atomic mass is 16.6. The van der Waals surface area contributed by atoms with Crippen molar-refractivity contribution in [2.75, 3.05) is 6.54 Å². The normalized spacial score (nSPS) is 11.5. The number of aromatic nitrogens is 1. The Morgan fingerprint density at radius 1 is 1.41 bits per heavy atom. The highest BCUT2D eigenvalue weighted by Crippen LogP contribution is 2.06. The van der Waals surface area contributed by atoms with Crippen molar-refractivity contribution in [3.8, 4) is 0 Å². The van der Waals surface area contributed by atoms with Gasteiger partial charge in [0.05, 0.1) is 11.1 Å². The highest BCUT2D eigenvalue weighted by Gasteiger charge is 2.16. The number of carbonyl (C=O) groups excluding carboxylic acids is 2. The van der Waals surface area contributed by atoms with Crippen molar-refractivity contribution in [2.24, 2.45) is 0 Å². The van der Waals surface area contributed by atoms with Gasteiger partial charge in [-0.05, 0) is 13.3 Å². The molecule has 0 aromatic carbocycles. The van der Waals surface area contributed by atoms with Crippen molar-refractivity contribution in [3.63, 3.8) is 0 Å². The molecule has 0 saturated carbocycles. The molecule has 2 N–H and O–H groups in total. The van der Waals surface area contributed by atoms with Crippen molar-refractivity contribution >= 4 is 17.5 Å². The lowest BCUT2D eigenvalue weighted by Gasteiger charge is -2.14. The third-order valence-electron chi connectivity index (χ3n) is 2.81. The van der Waals surface area contributed by atoms with Gasteiger partial charge in [-0.1, -0.05) is 6.92 Å². The molecule has 0 spiro atoms. The molecule has 1 heterocycles. The fourth-order valence-electron chi connectivity index (χ4n) is 1.66. The molecule has 22 heavy (non-hydrogen) atoms. The van der Waals surface area contributed by atoms with Gasteiger partial charge in [0.15, 0.2) is 0 Å². The van der Waals surface area contributed by atoms with Gasteiger partial charge in [-0.15, -0.1) is 0 Å². The Hall–Kier alpha value is -2.71. The number of amides is 2. The Labute approximate surface area is 126 Å². The molecule has 0 saturated heterocycles. The zero-order chi connectivity index (χ0) is 16.7. The smallest absolute Gasteiger partial charge is 0.285 e. The number of hydrogen-bond acceptors (Lipinski definition) is 5. The Kier molecular flexibility index (Phi) is 6.24. The zero-order valence-electron chi connectivity index (χ0n) is 12.4. The molecule has 0 aliphatic rings. The van der Waals surface area contributed by atoms with Gasteiger partial charge in [0.1, 0.15) is 12.6 Å². The molecule has 2 amide bonds. The van der Waals surface area contributed by atoms with Gasteiger partial charge in [0.25, 0.3) is 11.2 Å². The first-order valence-corrected chi connectivity index (χ1v) is 6.77. The molecule has 1 rings (SSSR count). The predicted octanol–water partition coefficient (Wildman–Crippen LogP) is -0.213. The third kappa shape index (κ3) is 5.00. The topological polar surface area (TPSA) is 123 Å². The van der Waals surface area contributed by atoms with E-state index in [2.05, 4.69) is 10.6 Å². The fourth-order valence-corrected chi connectivity index (χ4v) is 1.66. The first-order chi connectivity index (χ1) is 10.3. The summed E-state index contributed by atoms with van der Waals surface area (Å²) in [5.41, 5.74) is -0.829. The molecular formula is C13H18N4O5. The van der Waals surface area contributed by atoms with Crippen molar-refractivity contribution < 1.29 is 14.5 Å². The van der Waals surface area contributed by atoms with Gasteiger partial charge in [-0.25, -0.2) is 0 Å². The lowest BCUT2D eigenvalue weighted by Crippen LogP contribution is -2.46. The standard InChI is InChI=1S/C13H18N4O5/c1-3-6-14-13(20)9(2)15-11(18)8-16-7-10(17(21)22)4-5-12(16)19/h4-5,7,9H,3,6,8H2,1-2H3,(H,14,20)(H,15,18)/t9-/m1/s1. The molecule has 0 aliphatic heterocycles. The second-order valence-corrected chi connectivity index (χ2v) is 4.69. The Morgan fingerprint density at radius 3 is 2.68 bits per heavy atom. The summed E-state index contributed by atoms with van der Waals surface area (Å²) in [5, 5.41) is 15.7. The molecule has 9 heteroatoms. The van der Waals surface area contributed by atoms with Crippen LogP contribution in [0.15, 0.2) is 23.1 Å². The summed E-state index contributed by atoms with van der Waals surface area (Å²) in [4.78, 5) is 45.0. The number of hydrogen-bond donors (Lipinski definition) is 2. The van der Waals surface area contributed by atoms with Gasteiger partial charge < -0.3 is 10.6 Å². The quantitative estimate of drug-likeness (QED) is 0.532. The minimum Gasteiger partial charge on any atom is -0.354 e. The minimum atomic E-state index is -0.756. The van der Waals surface area contributed by atoms with E-state index in [4.69, 9.17) is 0 Å². The molecule has 1 atom stereocenters. The van der Waals surface area contributed by atoms with E-state index in [1.165, 1.54) is 6.92 Å². The van der Waals surface area contributed by atoms with Gasteiger partial charge in [0, 0.05) is 18.7 Å². The summed E-state index contributed by atoms with van der Waals surface area (Å²) in [7, 11) is 0. The lowest BCUT2D eigenvalue weighted by atomic mass is 10.3. The summed E-state index contributed by atoms with van der Waals surface area (Å²) in [6.45, 7) is 3.52. The van der Waals surface area contributed by atoms with E-state index in [0.29, 0.717) is 6.54 Å². The van der Waals surface area contributed by atoms with Gasteiger partial charge in [-0.3, -0.25) is 29.1 Å². The largest absolute Gasteiger partial charge is 0.354 e. The van der Waals surface area contributed by atoms with Gasteiger partial charge >= 0.3 is 0 Å². The van der Waals surface area contributed by atoms with Crippen LogP contribution in [0.4, 0.5) is 5.69 Å². The van der Waals surface area contributed by atoms with Crippen LogP contribution in [-0.4, -0.2) is 33.9 Å². The first kappa shape index (κ1) is 17.3. The molecule has 0 aliphatic carbocycles. The summed E-state index contributed by atoms with van der Waals surface area (Å²) < 4.78 is 0.921. The minimum absolute atomic E-state index is 0.291. The van der Waals surface area contributed by atoms with Crippen LogP contribution in [0, 0.1) is 10.1 Å². The van der Waals surface area contributed by atoms with Crippen LogP contribution in [0.25, 0.3) is 0 Å². The lowest BCUT2D eigenvalue weighted by molar-refractivity contribution is -0.385. The average Bonchev–Trinajstić information content (AvgIpc) is 2.46. The van der Waals surface area contributed by atoms with Crippen molar-refractivity contribution in [3.05, 3.63) is 38.8 Å². The van der Waals surface area contributed by atoms with Crippen LogP contribution in [-0.2, 0) is 16.1 Å². The van der Waals surface area contributed by atoms with E-state index in [1.807, 2.05) is 6.92 Å². The summed E-state index contributed by atoms with van der Waals surface area (Å²) in [6.07, 6.45) is 1.76. The van der Waals surface area contributed by atoms with E-state index in [-0.39, 0.29) is 11.6 Å². The second-order valence-electron chi connectivity index (χ2n) is 4.69. The molecule has 120 valence electrons.